The van der Waals surface area contributed by atoms with Gasteiger partial charge in [-0.1, -0.05) is 30.3 Å². The van der Waals surface area contributed by atoms with Gasteiger partial charge in [0, 0.05) is 18.4 Å². The van der Waals surface area contributed by atoms with E-state index in [1.54, 1.807) is 13.8 Å². The number of fused-ring (bicyclic) bond motifs is 1. The maximum absolute atomic E-state index is 15.2. The summed E-state index contributed by atoms with van der Waals surface area (Å²) in [5.74, 6) is -1.26. The molecular weight excluding hydrogens is 480 g/mol. The smallest absolute Gasteiger partial charge is 0.352 e. The minimum atomic E-state index is -0.878. The number of halogens is 2. The zero-order valence-corrected chi connectivity index (χ0v) is 20.2. The first-order valence-corrected chi connectivity index (χ1v) is 11.7. The number of nitrogens with zero attached hydrogens (tertiary/aromatic N) is 5. The molecule has 3 heterocycles. The summed E-state index contributed by atoms with van der Waals surface area (Å²) < 4.78 is 38.2. The molecule has 0 N–H and O–H groups in total. The number of pyridine rings is 2. The molecule has 0 amide bonds. The Morgan fingerprint density at radius 1 is 0.946 bits per heavy atom. The van der Waals surface area contributed by atoms with E-state index in [-0.39, 0.29) is 23.3 Å². The lowest BCUT2D eigenvalue weighted by Crippen LogP contribution is -2.26. The average Bonchev–Trinajstić information content (AvgIpc) is 3.21. The molecule has 0 aliphatic heterocycles. The van der Waals surface area contributed by atoms with Gasteiger partial charge in [0.15, 0.2) is 17.5 Å². The monoisotopic (exact) mass is 503 g/mol. The Labute approximate surface area is 210 Å². The highest BCUT2D eigenvalue weighted by molar-refractivity contribution is 5.78. The van der Waals surface area contributed by atoms with Crippen LogP contribution in [0.4, 0.5) is 8.78 Å². The van der Waals surface area contributed by atoms with Crippen LogP contribution in [0.1, 0.15) is 23.9 Å². The molecule has 5 rings (SSSR count). The predicted molar refractivity (Wildman–Crippen MR) is 134 cm³/mol. The molecule has 0 fully saturated rings. The summed E-state index contributed by atoms with van der Waals surface area (Å²) in [6, 6.07) is 16.4. The van der Waals surface area contributed by atoms with E-state index >= 15 is 4.39 Å². The van der Waals surface area contributed by atoms with Crippen LogP contribution >= 0.6 is 0 Å². The van der Waals surface area contributed by atoms with Gasteiger partial charge in [0.2, 0.25) is 0 Å². The lowest BCUT2D eigenvalue weighted by Gasteiger charge is -2.09. The molecular formula is C27H23F2N5O3. The summed E-state index contributed by atoms with van der Waals surface area (Å²) in [5, 5.41) is 4.29. The van der Waals surface area contributed by atoms with Crippen molar-refractivity contribution in [1.82, 2.24) is 23.9 Å². The van der Waals surface area contributed by atoms with Crippen LogP contribution in [0.15, 0.2) is 76.4 Å². The summed E-state index contributed by atoms with van der Waals surface area (Å²) >= 11 is 0. The lowest BCUT2D eigenvalue weighted by molar-refractivity contribution is 0.0989. The van der Waals surface area contributed by atoms with E-state index < -0.39 is 22.9 Å². The fraction of sp³-hybridized carbons (Fsp3) is 0.185. The van der Waals surface area contributed by atoms with Crippen molar-refractivity contribution in [2.75, 3.05) is 0 Å². The van der Waals surface area contributed by atoms with Crippen LogP contribution in [0.5, 0.6) is 0 Å². The van der Waals surface area contributed by atoms with E-state index in [9.17, 15) is 14.0 Å². The van der Waals surface area contributed by atoms with E-state index in [2.05, 4.69) is 10.1 Å². The van der Waals surface area contributed by atoms with Crippen molar-refractivity contribution in [3.8, 4) is 11.5 Å². The second-order valence-corrected chi connectivity index (χ2v) is 8.48. The molecule has 5 aromatic rings. The summed E-state index contributed by atoms with van der Waals surface area (Å²) in [6.07, 6.45) is 1.47. The molecule has 0 atom stereocenters. The van der Waals surface area contributed by atoms with Gasteiger partial charge in [0.05, 0.1) is 17.5 Å². The third-order valence-electron chi connectivity index (χ3n) is 6.04. The Morgan fingerprint density at radius 3 is 2.46 bits per heavy atom. The quantitative estimate of drug-likeness (QED) is 0.335. The molecule has 0 saturated heterocycles. The number of hydrogen-bond acceptors (Lipinski definition) is 5. The highest BCUT2D eigenvalue weighted by Gasteiger charge is 2.19. The number of benzene rings is 2. The van der Waals surface area contributed by atoms with E-state index in [0.717, 1.165) is 16.3 Å². The Balaban J connectivity index is 1.50. The minimum Gasteiger partial charge on any atom is -0.369 e. The van der Waals surface area contributed by atoms with E-state index in [0.29, 0.717) is 30.2 Å². The Hall–Kier alpha value is -4.44. The van der Waals surface area contributed by atoms with Gasteiger partial charge in [-0.15, -0.1) is 5.10 Å². The van der Waals surface area contributed by atoms with Crippen molar-refractivity contribution in [1.29, 1.82) is 0 Å². The lowest BCUT2D eigenvalue weighted by atomic mass is 10.2. The molecule has 10 heteroatoms. The van der Waals surface area contributed by atoms with Crippen LogP contribution < -0.4 is 11.2 Å². The highest BCUT2D eigenvalue weighted by atomic mass is 19.1. The fourth-order valence-corrected chi connectivity index (χ4v) is 4.10. The van der Waals surface area contributed by atoms with Gasteiger partial charge in [0.1, 0.15) is 12.4 Å². The number of aryl methyl sites for hydroxylation is 1. The summed E-state index contributed by atoms with van der Waals surface area (Å²) in [7, 11) is 0. The molecule has 0 radical (unpaired) electrons. The number of aromatic nitrogens is 5. The number of hydrogen-bond donors (Lipinski definition) is 0. The Morgan fingerprint density at radius 2 is 1.73 bits per heavy atom. The van der Waals surface area contributed by atoms with Crippen LogP contribution in [-0.4, -0.2) is 23.9 Å². The van der Waals surface area contributed by atoms with Gasteiger partial charge < -0.3 is 4.74 Å². The molecule has 2 aromatic carbocycles. The van der Waals surface area contributed by atoms with Gasteiger partial charge in [0.25, 0.3) is 5.56 Å². The predicted octanol–water partition coefficient (Wildman–Crippen LogP) is 4.06. The molecule has 0 bridgehead atoms. The highest BCUT2D eigenvalue weighted by Crippen LogP contribution is 2.18. The first-order chi connectivity index (χ1) is 17.9. The Bertz CT molecular complexity index is 1720. The maximum atomic E-state index is 15.2. The second kappa shape index (κ2) is 9.90. The van der Waals surface area contributed by atoms with Crippen molar-refractivity contribution in [3.63, 3.8) is 0 Å². The van der Waals surface area contributed by atoms with E-state index in [1.165, 1.54) is 39.6 Å². The van der Waals surface area contributed by atoms with E-state index in [4.69, 9.17) is 4.74 Å². The molecule has 0 spiro atoms. The molecule has 37 heavy (non-hydrogen) atoms. The molecule has 0 saturated carbocycles. The van der Waals surface area contributed by atoms with Gasteiger partial charge in [-0.2, -0.15) is 4.68 Å². The topological polar surface area (TPSA) is 83.9 Å². The van der Waals surface area contributed by atoms with Crippen molar-refractivity contribution in [2.24, 2.45) is 0 Å². The molecule has 8 nitrogen and oxygen atoms in total. The zero-order valence-electron chi connectivity index (χ0n) is 20.2. The third-order valence-corrected chi connectivity index (χ3v) is 6.04. The second-order valence-electron chi connectivity index (χ2n) is 8.48. The van der Waals surface area contributed by atoms with Gasteiger partial charge in [-0.3, -0.25) is 13.9 Å². The average molecular weight is 504 g/mol. The van der Waals surface area contributed by atoms with Crippen LogP contribution in [-0.2, 0) is 24.5 Å². The molecule has 0 aliphatic rings. The molecule has 3 aromatic heterocycles. The van der Waals surface area contributed by atoms with Gasteiger partial charge >= 0.3 is 5.69 Å². The van der Waals surface area contributed by atoms with Gasteiger partial charge in [-0.25, -0.2) is 18.6 Å². The first kappa shape index (κ1) is 24.3. The van der Waals surface area contributed by atoms with Crippen molar-refractivity contribution >= 4 is 10.9 Å². The van der Waals surface area contributed by atoms with Crippen LogP contribution in [0.3, 0.4) is 0 Å². The maximum Gasteiger partial charge on any atom is 0.352 e. The van der Waals surface area contributed by atoms with Gasteiger partial charge in [-0.05, 0) is 55.3 Å². The normalized spacial score (nSPS) is 11.4. The summed E-state index contributed by atoms with van der Waals surface area (Å²) in [6.45, 7) is 4.04. The SMILES string of the molecule is CCn1c(COCc2ccccc2)nn(-c2nc3ccn(-c4ccc(F)c(C)c4)c(=O)c3cc2F)c1=O. The summed E-state index contributed by atoms with van der Waals surface area (Å²) in [5.41, 5.74) is 0.879. The standard InChI is InChI=1S/C27H23F2N5O3/c1-3-32-24(16-37-15-18-7-5-4-6-8-18)31-34(27(32)36)25-22(29)14-20-23(30-25)11-12-33(26(20)35)19-9-10-21(28)17(2)13-19/h4-14H,3,15-16H2,1-2H3. The van der Waals surface area contributed by atoms with Crippen molar-refractivity contribution < 1.29 is 13.5 Å². The number of ether oxygens (including phenoxy) is 1. The molecule has 0 aliphatic carbocycles. The first-order valence-electron chi connectivity index (χ1n) is 11.7. The summed E-state index contributed by atoms with van der Waals surface area (Å²) in [4.78, 5) is 30.4. The largest absolute Gasteiger partial charge is 0.369 e. The molecule has 188 valence electrons. The third kappa shape index (κ3) is 4.58. The van der Waals surface area contributed by atoms with Crippen molar-refractivity contribution in [2.45, 2.75) is 33.6 Å². The van der Waals surface area contributed by atoms with Crippen LogP contribution in [0, 0.1) is 18.6 Å². The fourth-order valence-electron chi connectivity index (χ4n) is 4.10. The van der Waals surface area contributed by atoms with E-state index in [1.807, 2.05) is 30.3 Å². The minimum absolute atomic E-state index is 0.0140. The van der Waals surface area contributed by atoms with Crippen LogP contribution in [0.25, 0.3) is 22.4 Å². The number of rotatable bonds is 7. The van der Waals surface area contributed by atoms with Crippen molar-refractivity contribution in [3.05, 3.63) is 116 Å². The molecule has 0 unspecified atom stereocenters. The van der Waals surface area contributed by atoms with Crippen LogP contribution in [0.2, 0.25) is 0 Å². The zero-order chi connectivity index (χ0) is 26.1. The Kier molecular flexibility index (Phi) is 6.49.